The van der Waals surface area contributed by atoms with Gasteiger partial charge in [-0.15, -0.1) is 0 Å². The summed E-state index contributed by atoms with van der Waals surface area (Å²) >= 11 is 0. The first kappa shape index (κ1) is 29.8. The van der Waals surface area contributed by atoms with Gasteiger partial charge < -0.3 is 10.2 Å². The summed E-state index contributed by atoms with van der Waals surface area (Å²) < 4.78 is 42.1. The maximum absolute atomic E-state index is 14.0. The van der Waals surface area contributed by atoms with E-state index in [1.54, 1.807) is 18.2 Å². The van der Waals surface area contributed by atoms with Gasteiger partial charge in [0, 0.05) is 13.1 Å². The molecule has 0 aliphatic carbocycles. The summed E-state index contributed by atoms with van der Waals surface area (Å²) in [6, 6.07) is 19.4. The molecule has 7 nitrogen and oxygen atoms in total. The van der Waals surface area contributed by atoms with Crippen LogP contribution in [0.2, 0.25) is 0 Å². The Morgan fingerprint density at radius 2 is 1.54 bits per heavy atom. The molecule has 0 aromatic heterocycles. The Labute approximate surface area is 230 Å². The average Bonchev–Trinajstić information content (AvgIpc) is 2.92. The summed E-state index contributed by atoms with van der Waals surface area (Å²) in [6.07, 6.45) is 0.337. The van der Waals surface area contributed by atoms with Crippen molar-refractivity contribution in [1.29, 1.82) is 0 Å². The van der Waals surface area contributed by atoms with E-state index in [9.17, 15) is 22.4 Å². The van der Waals surface area contributed by atoms with Gasteiger partial charge in [-0.3, -0.25) is 13.9 Å². The number of halogens is 1. The largest absolute Gasteiger partial charge is 0.354 e. The highest BCUT2D eigenvalue weighted by Gasteiger charge is 2.33. The molecule has 0 saturated carbocycles. The highest BCUT2D eigenvalue weighted by molar-refractivity contribution is 7.92. The summed E-state index contributed by atoms with van der Waals surface area (Å²) in [5.41, 5.74) is 1.93. The van der Waals surface area contributed by atoms with Gasteiger partial charge in [0.1, 0.15) is 18.4 Å². The smallest absolute Gasteiger partial charge is 0.264 e. The molecule has 0 spiro atoms. The molecule has 0 aliphatic heterocycles. The zero-order valence-corrected chi connectivity index (χ0v) is 23.6. The summed E-state index contributed by atoms with van der Waals surface area (Å²) in [7, 11) is -4.19. The van der Waals surface area contributed by atoms with Gasteiger partial charge >= 0.3 is 0 Å². The number of hydrogen-bond acceptors (Lipinski definition) is 4. The van der Waals surface area contributed by atoms with E-state index in [-0.39, 0.29) is 29.0 Å². The van der Waals surface area contributed by atoms with E-state index in [2.05, 4.69) is 5.32 Å². The number of rotatable bonds is 12. The Bertz CT molecular complexity index is 1360. The number of benzene rings is 3. The lowest BCUT2D eigenvalue weighted by molar-refractivity contribution is -0.140. The van der Waals surface area contributed by atoms with Crippen molar-refractivity contribution in [3.8, 4) is 0 Å². The monoisotopic (exact) mass is 553 g/mol. The van der Waals surface area contributed by atoms with Crippen LogP contribution in [0.15, 0.2) is 83.8 Å². The quantitative estimate of drug-likeness (QED) is 0.345. The van der Waals surface area contributed by atoms with Crippen molar-refractivity contribution in [3.63, 3.8) is 0 Å². The molecule has 3 aromatic carbocycles. The van der Waals surface area contributed by atoms with Crippen LogP contribution in [0.3, 0.4) is 0 Å². The van der Waals surface area contributed by atoms with Crippen LogP contribution in [0.1, 0.15) is 38.3 Å². The van der Waals surface area contributed by atoms with E-state index in [1.807, 2.05) is 52.0 Å². The third kappa shape index (κ3) is 7.66. The van der Waals surface area contributed by atoms with Crippen LogP contribution in [-0.4, -0.2) is 44.3 Å². The standard InChI is InChI=1S/C30H36FN3O4S/c1-5-28(30(36)32-19-22(2)3)33(20-24-12-10-9-11-23(24)4)29(35)21-34(26-17-15-25(31)16-18-26)39(37,38)27-13-7-6-8-14-27/h6-18,22,28H,5,19-21H2,1-4H3,(H,32,36)/t28-/m0/s1. The molecule has 2 amide bonds. The molecule has 3 rings (SSSR count). The van der Waals surface area contributed by atoms with Crippen LogP contribution >= 0.6 is 0 Å². The molecule has 0 bridgehead atoms. The minimum atomic E-state index is -4.19. The molecule has 0 radical (unpaired) electrons. The topological polar surface area (TPSA) is 86.8 Å². The minimum absolute atomic E-state index is 0.00528. The molecule has 1 atom stereocenters. The first-order chi connectivity index (χ1) is 18.5. The normalized spacial score (nSPS) is 12.2. The van der Waals surface area contributed by atoms with Gasteiger partial charge in [0.15, 0.2) is 0 Å². The number of carbonyl (C=O) groups is 2. The summed E-state index contributed by atoms with van der Waals surface area (Å²) in [6.45, 7) is 7.70. The van der Waals surface area contributed by atoms with Gasteiger partial charge in [-0.05, 0) is 66.8 Å². The van der Waals surface area contributed by atoms with Crippen molar-refractivity contribution in [3.05, 3.63) is 95.8 Å². The molecule has 9 heteroatoms. The third-order valence-corrected chi connectivity index (χ3v) is 8.19. The number of carbonyl (C=O) groups excluding carboxylic acids is 2. The Morgan fingerprint density at radius 3 is 2.13 bits per heavy atom. The SMILES string of the molecule is CC[C@@H](C(=O)NCC(C)C)N(Cc1ccccc1C)C(=O)CN(c1ccc(F)cc1)S(=O)(=O)c1ccccc1. The molecule has 0 fully saturated rings. The maximum Gasteiger partial charge on any atom is 0.264 e. The number of nitrogens with zero attached hydrogens (tertiary/aromatic N) is 2. The molecule has 0 saturated heterocycles. The van der Waals surface area contributed by atoms with E-state index in [4.69, 9.17) is 0 Å². The second kappa shape index (κ2) is 13.4. The lowest BCUT2D eigenvalue weighted by atomic mass is 10.1. The predicted octanol–water partition coefficient (Wildman–Crippen LogP) is 4.91. The molecule has 1 N–H and O–H groups in total. The third-order valence-electron chi connectivity index (χ3n) is 6.40. The van der Waals surface area contributed by atoms with Gasteiger partial charge in [0.2, 0.25) is 11.8 Å². The number of amides is 2. The molecular weight excluding hydrogens is 517 g/mol. The van der Waals surface area contributed by atoms with Gasteiger partial charge in [0.05, 0.1) is 10.6 Å². The Hall–Kier alpha value is -3.72. The Balaban J connectivity index is 2.04. The van der Waals surface area contributed by atoms with Crippen LogP contribution in [0.25, 0.3) is 0 Å². The molecule has 0 aliphatic rings. The van der Waals surface area contributed by atoms with E-state index >= 15 is 0 Å². The van der Waals surface area contributed by atoms with Gasteiger partial charge in [-0.2, -0.15) is 0 Å². The molecule has 0 unspecified atom stereocenters. The van der Waals surface area contributed by atoms with Crippen LogP contribution in [0.5, 0.6) is 0 Å². The van der Waals surface area contributed by atoms with Crippen molar-refractivity contribution < 1.29 is 22.4 Å². The van der Waals surface area contributed by atoms with Gasteiger partial charge in [-0.25, -0.2) is 12.8 Å². The highest BCUT2D eigenvalue weighted by Crippen LogP contribution is 2.25. The van der Waals surface area contributed by atoms with Crippen molar-refractivity contribution in [2.75, 3.05) is 17.4 Å². The van der Waals surface area contributed by atoms with Crippen molar-refractivity contribution in [1.82, 2.24) is 10.2 Å². The van der Waals surface area contributed by atoms with E-state index in [0.717, 1.165) is 27.6 Å². The molecule has 39 heavy (non-hydrogen) atoms. The average molecular weight is 554 g/mol. The second-order valence-corrected chi connectivity index (χ2v) is 11.7. The lowest BCUT2D eigenvalue weighted by Crippen LogP contribution is -2.52. The van der Waals surface area contributed by atoms with Crippen LogP contribution < -0.4 is 9.62 Å². The zero-order chi connectivity index (χ0) is 28.6. The molecule has 208 valence electrons. The van der Waals surface area contributed by atoms with E-state index in [1.165, 1.54) is 29.2 Å². The van der Waals surface area contributed by atoms with Gasteiger partial charge in [-0.1, -0.05) is 63.2 Å². The van der Waals surface area contributed by atoms with Crippen LogP contribution in [0, 0.1) is 18.7 Å². The minimum Gasteiger partial charge on any atom is -0.354 e. The second-order valence-electron chi connectivity index (χ2n) is 9.81. The van der Waals surface area contributed by atoms with E-state index < -0.39 is 34.3 Å². The number of sulfonamides is 1. The fourth-order valence-electron chi connectivity index (χ4n) is 4.17. The number of nitrogens with one attached hydrogen (secondary N) is 1. The molecule has 0 heterocycles. The van der Waals surface area contributed by atoms with Crippen LogP contribution in [0.4, 0.5) is 10.1 Å². The first-order valence-electron chi connectivity index (χ1n) is 13.0. The fraction of sp³-hybridized carbons (Fsp3) is 0.333. The Kier molecular flexibility index (Phi) is 10.2. The highest BCUT2D eigenvalue weighted by atomic mass is 32.2. The van der Waals surface area contributed by atoms with Crippen molar-refractivity contribution in [2.24, 2.45) is 5.92 Å². The summed E-state index contributed by atoms with van der Waals surface area (Å²) in [5.74, 6) is -1.16. The predicted molar refractivity (Wildman–Crippen MR) is 151 cm³/mol. The zero-order valence-electron chi connectivity index (χ0n) is 22.8. The number of aryl methyl sites for hydroxylation is 1. The molecular formula is C30H36FN3O4S. The fourth-order valence-corrected chi connectivity index (χ4v) is 5.60. The maximum atomic E-state index is 14.0. The summed E-state index contributed by atoms with van der Waals surface area (Å²) in [5, 5.41) is 2.91. The van der Waals surface area contributed by atoms with Crippen molar-refractivity contribution in [2.45, 2.75) is 51.6 Å². The van der Waals surface area contributed by atoms with E-state index in [0.29, 0.717) is 13.0 Å². The summed E-state index contributed by atoms with van der Waals surface area (Å²) in [4.78, 5) is 28.7. The van der Waals surface area contributed by atoms with Crippen LogP contribution in [-0.2, 0) is 26.2 Å². The Morgan fingerprint density at radius 1 is 0.923 bits per heavy atom. The van der Waals surface area contributed by atoms with Gasteiger partial charge in [0.25, 0.3) is 10.0 Å². The van der Waals surface area contributed by atoms with Crippen molar-refractivity contribution >= 4 is 27.5 Å². The first-order valence-corrected chi connectivity index (χ1v) is 14.4. The lowest BCUT2D eigenvalue weighted by Gasteiger charge is -2.33. The molecule has 3 aromatic rings. The number of anilines is 1. The number of hydrogen-bond donors (Lipinski definition) is 1.